The Balaban J connectivity index is 1.63. The molecule has 1 aromatic rings. The second-order valence-corrected chi connectivity index (χ2v) is 6.17. The van der Waals surface area contributed by atoms with Gasteiger partial charge in [0.15, 0.2) is 0 Å². The number of piperidine rings is 1. The van der Waals surface area contributed by atoms with Crippen LogP contribution in [0.15, 0.2) is 18.2 Å². The van der Waals surface area contributed by atoms with Crippen molar-refractivity contribution in [2.45, 2.75) is 38.3 Å². The Morgan fingerprint density at radius 1 is 1.35 bits per heavy atom. The van der Waals surface area contributed by atoms with Gasteiger partial charge in [0.2, 0.25) is 0 Å². The lowest BCUT2D eigenvalue weighted by Crippen LogP contribution is -2.37. The molecule has 3 rings (SSSR count). The molecule has 1 saturated heterocycles. The quantitative estimate of drug-likeness (QED) is 0.793. The number of hydrogen-bond acceptors (Lipinski definition) is 4. The van der Waals surface area contributed by atoms with Crippen LogP contribution in [0.25, 0.3) is 0 Å². The molecule has 1 aromatic carbocycles. The van der Waals surface area contributed by atoms with Crippen LogP contribution >= 0.6 is 12.0 Å². The third kappa shape index (κ3) is 2.97. The van der Waals surface area contributed by atoms with E-state index in [9.17, 15) is 0 Å². The predicted molar refractivity (Wildman–Crippen MR) is 83.3 cm³/mol. The molecule has 20 heavy (non-hydrogen) atoms. The second-order valence-electron chi connectivity index (χ2n) is 5.64. The Hall–Kier alpha value is -0.710. The Morgan fingerprint density at radius 3 is 2.90 bits per heavy atom. The molecule has 3 nitrogen and oxygen atoms in total. The van der Waals surface area contributed by atoms with E-state index in [0.29, 0.717) is 12.1 Å². The monoisotopic (exact) mass is 293 g/mol. The summed E-state index contributed by atoms with van der Waals surface area (Å²) < 4.78 is 11.3. The maximum Gasteiger partial charge on any atom is 0.122 e. The topological polar surface area (TPSA) is 21.7 Å². The first-order chi connectivity index (χ1) is 9.78. The lowest BCUT2D eigenvalue weighted by atomic mass is 10.00. The van der Waals surface area contributed by atoms with Gasteiger partial charge in [0.25, 0.3) is 0 Å². The smallest absolute Gasteiger partial charge is 0.122 e. The number of likely N-dealkylation sites (tertiary alicyclic amines) is 1. The third-order valence-corrected chi connectivity index (χ3v) is 4.92. The van der Waals surface area contributed by atoms with E-state index in [1.165, 1.54) is 23.2 Å². The van der Waals surface area contributed by atoms with Crippen LogP contribution in [-0.4, -0.2) is 37.0 Å². The number of rotatable bonds is 4. The fraction of sp³-hybridized carbons (Fsp3) is 0.625. The highest BCUT2D eigenvalue weighted by atomic mass is 32.2. The lowest BCUT2D eigenvalue weighted by Gasteiger charge is -2.35. The van der Waals surface area contributed by atoms with E-state index in [4.69, 9.17) is 8.92 Å². The molecule has 0 amide bonds. The highest BCUT2D eigenvalue weighted by Crippen LogP contribution is 2.32. The first-order valence-electron chi connectivity index (χ1n) is 7.47. The van der Waals surface area contributed by atoms with Gasteiger partial charge < -0.3 is 8.92 Å². The summed E-state index contributed by atoms with van der Waals surface area (Å²) in [5.74, 6) is 1.09. The van der Waals surface area contributed by atoms with Crippen LogP contribution in [0.5, 0.6) is 5.75 Å². The van der Waals surface area contributed by atoms with E-state index in [2.05, 4.69) is 30.0 Å². The van der Waals surface area contributed by atoms with Gasteiger partial charge in [-0.05, 0) is 49.0 Å². The average molecular weight is 293 g/mol. The lowest BCUT2D eigenvalue weighted by molar-refractivity contribution is 0.0930. The average Bonchev–Trinajstić information content (AvgIpc) is 2.95. The molecule has 0 saturated carbocycles. The SMILES string of the molecule is CSOC1CCN(C(C)c2ccc3c(c2)OCC3)CC1. The van der Waals surface area contributed by atoms with Crippen LogP contribution in [0, 0.1) is 0 Å². The zero-order valence-electron chi connectivity index (χ0n) is 12.3. The van der Waals surface area contributed by atoms with Crippen molar-refractivity contribution in [3.05, 3.63) is 29.3 Å². The van der Waals surface area contributed by atoms with Crippen LogP contribution in [0.3, 0.4) is 0 Å². The Kier molecular flexibility index (Phi) is 4.54. The van der Waals surface area contributed by atoms with Crippen molar-refractivity contribution in [2.24, 2.45) is 0 Å². The summed E-state index contributed by atoms with van der Waals surface area (Å²) in [6, 6.07) is 7.19. The van der Waals surface area contributed by atoms with Crippen molar-refractivity contribution in [1.29, 1.82) is 0 Å². The molecule has 4 heteroatoms. The number of fused-ring (bicyclic) bond motifs is 1. The van der Waals surface area contributed by atoms with E-state index in [0.717, 1.165) is 44.7 Å². The van der Waals surface area contributed by atoms with E-state index < -0.39 is 0 Å². The highest BCUT2D eigenvalue weighted by molar-refractivity contribution is 7.93. The number of hydrogen-bond donors (Lipinski definition) is 0. The van der Waals surface area contributed by atoms with Crippen molar-refractivity contribution in [3.8, 4) is 5.75 Å². The minimum Gasteiger partial charge on any atom is -0.493 e. The number of nitrogens with zero attached hydrogens (tertiary/aromatic N) is 1. The van der Waals surface area contributed by atoms with E-state index >= 15 is 0 Å². The van der Waals surface area contributed by atoms with E-state index in [1.807, 2.05) is 6.26 Å². The van der Waals surface area contributed by atoms with Gasteiger partial charge in [-0.25, -0.2) is 0 Å². The van der Waals surface area contributed by atoms with Crippen LogP contribution in [0.4, 0.5) is 0 Å². The van der Waals surface area contributed by atoms with Gasteiger partial charge in [0, 0.05) is 31.8 Å². The molecule has 0 spiro atoms. The molecule has 2 heterocycles. The Morgan fingerprint density at radius 2 is 2.15 bits per heavy atom. The summed E-state index contributed by atoms with van der Waals surface area (Å²) in [6.07, 6.45) is 5.75. The molecule has 2 aliphatic heterocycles. The molecular formula is C16H23NO2S. The molecule has 1 fully saturated rings. The second kappa shape index (κ2) is 6.37. The molecule has 0 bridgehead atoms. The minimum atomic E-state index is 0.428. The molecule has 1 unspecified atom stereocenters. The van der Waals surface area contributed by atoms with Gasteiger partial charge in [0.1, 0.15) is 5.75 Å². The molecule has 1 atom stereocenters. The predicted octanol–water partition coefficient (Wildman–Crippen LogP) is 3.44. The van der Waals surface area contributed by atoms with Crippen molar-refractivity contribution in [2.75, 3.05) is 26.0 Å². The van der Waals surface area contributed by atoms with Crippen molar-refractivity contribution >= 4 is 12.0 Å². The van der Waals surface area contributed by atoms with Crippen LogP contribution in [0.1, 0.15) is 36.9 Å². The van der Waals surface area contributed by atoms with Gasteiger partial charge in [-0.3, -0.25) is 4.90 Å². The first-order valence-corrected chi connectivity index (χ1v) is 8.62. The molecule has 0 aromatic heterocycles. The van der Waals surface area contributed by atoms with Crippen molar-refractivity contribution in [1.82, 2.24) is 4.90 Å². The molecule has 0 aliphatic carbocycles. The molecule has 110 valence electrons. The normalized spacial score (nSPS) is 21.5. The minimum absolute atomic E-state index is 0.428. The molecule has 0 radical (unpaired) electrons. The summed E-state index contributed by atoms with van der Waals surface area (Å²) in [6.45, 7) is 5.37. The van der Waals surface area contributed by atoms with Gasteiger partial charge >= 0.3 is 0 Å². The van der Waals surface area contributed by atoms with Crippen molar-refractivity contribution in [3.63, 3.8) is 0 Å². The van der Waals surface area contributed by atoms with E-state index in [-0.39, 0.29) is 0 Å². The zero-order valence-corrected chi connectivity index (χ0v) is 13.1. The zero-order chi connectivity index (χ0) is 13.9. The van der Waals surface area contributed by atoms with E-state index in [1.54, 1.807) is 0 Å². The van der Waals surface area contributed by atoms with Crippen LogP contribution in [-0.2, 0) is 10.6 Å². The Bertz CT molecular complexity index is 458. The number of benzene rings is 1. The highest BCUT2D eigenvalue weighted by Gasteiger charge is 2.25. The maximum absolute atomic E-state index is 5.68. The van der Waals surface area contributed by atoms with Crippen LogP contribution < -0.4 is 4.74 Å². The maximum atomic E-state index is 5.68. The van der Waals surface area contributed by atoms with Gasteiger partial charge in [-0.2, -0.15) is 0 Å². The summed E-state index contributed by atoms with van der Waals surface area (Å²) >= 11 is 1.49. The summed E-state index contributed by atoms with van der Waals surface area (Å²) in [4.78, 5) is 2.55. The van der Waals surface area contributed by atoms with Gasteiger partial charge in [-0.1, -0.05) is 12.1 Å². The first kappa shape index (κ1) is 14.2. The standard InChI is InChI=1S/C16H23NO2S/c1-12(17-8-5-15(6-9-17)19-20-2)14-4-3-13-7-10-18-16(13)11-14/h3-4,11-12,15H,5-10H2,1-2H3. The summed E-state index contributed by atoms with van der Waals surface area (Å²) in [7, 11) is 0. The third-order valence-electron chi connectivity index (χ3n) is 4.46. The fourth-order valence-electron chi connectivity index (χ4n) is 3.15. The van der Waals surface area contributed by atoms with Crippen LogP contribution in [0.2, 0.25) is 0 Å². The van der Waals surface area contributed by atoms with Gasteiger partial charge in [-0.15, -0.1) is 0 Å². The molecule has 0 N–H and O–H groups in total. The van der Waals surface area contributed by atoms with Crippen molar-refractivity contribution < 1.29 is 8.92 Å². The van der Waals surface area contributed by atoms with Gasteiger partial charge in [0.05, 0.1) is 12.7 Å². The fourth-order valence-corrected chi connectivity index (χ4v) is 3.61. The summed E-state index contributed by atoms with van der Waals surface area (Å²) in [5, 5.41) is 0. The molecular weight excluding hydrogens is 270 g/mol. The Labute approximate surface area is 125 Å². The summed E-state index contributed by atoms with van der Waals surface area (Å²) in [5.41, 5.74) is 2.72. The number of ether oxygens (including phenoxy) is 1. The molecule has 2 aliphatic rings. The largest absolute Gasteiger partial charge is 0.493 e.